The molecule has 0 bridgehead atoms. The molecule has 25 heavy (non-hydrogen) atoms. The summed E-state index contributed by atoms with van der Waals surface area (Å²) < 4.78 is 5.35. The van der Waals surface area contributed by atoms with E-state index in [0.717, 1.165) is 36.6 Å². The first-order valence-corrected chi connectivity index (χ1v) is 9.76. The quantitative estimate of drug-likeness (QED) is 0.676. The van der Waals surface area contributed by atoms with E-state index < -0.39 is 0 Å². The van der Waals surface area contributed by atoms with Gasteiger partial charge in [0.2, 0.25) is 0 Å². The lowest BCUT2D eigenvalue weighted by Gasteiger charge is -2.34. The van der Waals surface area contributed by atoms with Crippen LogP contribution in [0.3, 0.4) is 0 Å². The monoisotopic (exact) mass is 355 g/mol. The zero-order valence-electron chi connectivity index (χ0n) is 14.8. The average Bonchev–Trinajstić information content (AvgIpc) is 3.43. The van der Waals surface area contributed by atoms with Crippen LogP contribution in [0.2, 0.25) is 5.02 Å². The molecule has 2 fully saturated rings. The van der Waals surface area contributed by atoms with Gasteiger partial charge in [-0.1, -0.05) is 41.9 Å². The second-order valence-corrected chi connectivity index (χ2v) is 7.91. The Hall–Kier alpha value is -1.67. The molecule has 1 aliphatic heterocycles. The molecule has 0 unspecified atom stereocenters. The number of ether oxygens (including phenoxy) is 1. The minimum Gasteiger partial charge on any atom is -0.495 e. The molecular weight excluding hydrogens is 330 g/mol. The van der Waals surface area contributed by atoms with Crippen molar-refractivity contribution in [3.05, 3.63) is 59.1 Å². The van der Waals surface area contributed by atoms with Gasteiger partial charge in [0.05, 0.1) is 12.1 Å². The summed E-state index contributed by atoms with van der Waals surface area (Å²) in [5.41, 5.74) is 2.77. The van der Waals surface area contributed by atoms with E-state index in [1.165, 1.54) is 36.9 Å². The largest absolute Gasteiger partial charge is 0.495 e. The molecule has 1 aliphatic carbocycles. The van der Waals surface area contributed by atoms with Crippen molar-refractivity contribution in [2.75, 3.05) is 25.1 Å². The second kappa shape index (κ2) is 7.29. The van der Waals surface area contributed by atoms with E-state index in [9.17, 15) is 0 Å². The summed E-state index contributed by atoms with van der Waals surface area (Å²) in [6.07, 6.45) is 5.38. The first kappa shape index (κ1) is 16.8. The first-order valence-electron chi connectivity index (χ1n) is 9.38. The SMILES string of the molecule is COc1cc(N2CCC(C[C@@H]3C[C@H]3c3ccccc3)CC2)ccc1Cl. The summed E-state index contributed by atoms with van der Waals surface area (Å²) in [4.78, 5) is 2.47. The molecule has 1 saturated carbocycles. The summed E-state index contributed by atoms with van der Waals surface area (Å²) in [7, 11) is 1.68. The van der Waals surface area contributed by atoms with Crippen molar-refractivity contribution in [3.63, 3.8) is 0 Å². The molecule has 0 N–H and O–H groups in total. The van der Waals surface area contributed by atoms with Gasteiger partial charge < -0.3 is 9.64 Å². The Balaban J connectivity index is 1.29. The molecule has 2 aromatic rings. The summed E-state index contributed by atoms with van der Waals surface area (Å²) in [5.74, 6) is 3.38. The van der Waals surface area contributed by atoms with Gasteiger partial charge in [-0.15, -0.1) is 0 Å². The maximum absolute atomic E-state index is 6.14. The van der Waals surface area contributed by atoms with Gasteiger partial charge in [0.1, 0.15) is 5.75 Å². The zero-order valence-corrected chi connectivity index (χ0v) is 15.6. The van der Waals surface area contributed by atoms with E-state index in [0.29, 0.717) is 5.02 Å². The minimum absolute atomic E-state index is 0.682. The number of hydrogen-bond acceptors (Lipinski definition) is 2. The van der Waals surface area contributed by atoms with Gasteiger partial charge in [-0.2, -0.15) is 0 Å². The predicted molar refractivity (Wildman–Crippen MR) is 105 cm³/mol. The molecule has 2 aliphatic rings. The van der Waals surface area contributed by atoms with Gasteiger partial charge in [0.15, 0.2) is 0 Å². The Bertz CT molecular complexity index is 709. The maximum atomic E-state index is 6.14. The zero-order chi connectivity index (χ0) is 17.2. The van der Waals surface area contributed by atoms with Crippen molar-refractivity contribution in [2.45, 2.75) is 31.6 Å². The predicted octanol–water partition coefficient (Wildman–Crippen LogP) is 5.76. The van der Waals surface area contributed by atoms with Crippen molar-refractivity contribution < 1.29 is 4.74 Å². The fraction of sp³-hybridized carbons (Fsp3) is 0.455. The Kier molecular flexibility index (Phi) is 4.89. The van der Waals surface area contributed by atoms with Crippen molar-refractivity contribution in [1.29, 1.82) is 0 Å². The smallest absolute Gasteiger partial charge is 0.139 e. The average molecular weight is 356 g/mol. The molecule has 1 saturated heterocycles. The summed E-state index contributed by atoms with van der Waals surface area (Å²) in [6.45, 7) is 2.27. The number of nitrogens with zero attached hydrogens (tertiary/aromatic N) is 1. The lowest BCUT2D eigenvalue weighted by molar-refractivity contribution is 0.361. The number of piperidine rings is 1. The molecule has 0 radical (unpaired) electrons. The van der Waals surface area contributed by atoms with E-state index >= 15 is 0 Å². The van der Waals surface area contributed by atoms with Crippen molar-refractivity contribution in [1.82, 2.24) is 0 Å². The fourth-order valence-corrected chi connectivity index (χ4v) is 4.51. The lowest BCUT2D eigenvalue weighted by Crippen LogP contribution is -2.33. The van der Waals surface area contributed by atoms with Crippen LogP contribution in [0.25, 0.3) is 0 Å². The molecular formula is C22H26ClNO. The van der Waals surface area contributed by atoms with Gasteiger partial charge in [-0.05, 0) is 61.1 Å². The number of anilines is 1. The van der Waals surface area contributed by atoms with Crippen LogP contribution >= 0.6 is 11.6 Å². The molecule has 132 valence electrons. The maximum Gasteiger partial charge on any atom is 0.139 e. The Morgan fingerprint density at radius 1 is 1.08 bits per heavy atom. The summed E-state index contributed by atoms with van der Waals surface area (Å²) in [6, 6.07) is 17.2. The van der Waals surface area contributed by atoms with Crippen LogP contribution in [0.1, 0.15) is 37.2 Å². The van der Waals surface area contributed by atoms with Crippen LogP contribution in [0.15, 0.2) is 48.5 Å². The summed E-state index contributed by atoms with van der Waals surface area (Å²) >= 11 is 6.14. The third-order valence-corrected chi connectivity index (χ3v) is 6.21. The second-order valence-electron chi connectivity index (χ2n) is 7.50. The van der Waals surface area contributed by atoms with Gasteiger partial charge in [-0.25, -0.2) is 0 Å². The highest BCUT2D eigenvalue weighted by molar-refractivity contribution is 6.32. The third-order valence-electron chi connectivity index (χ3n) is 5.90. The normalized spacial score (nSPS) is 23.5. The Morgan fingerprint density at radius 3 is 2.56 bits per heavy atom. The third kappa shape index (κ3) is 3.79. The topological polar surface area (TPSA) is 12.5 Å². The van der Waals surface area contributed by atoms with Gasteiger partial charge in [0, 0.05) is 24.8 Å². The molecule has 2 nitrogen and oxygen atoms in total. The van der Waals surface area contributed by atoms with E-state index in [-0.39, 0.29) is 0 Å². The minimum atomic E-state index is 0.682. The molecule has 2 aromatic carbocycles. The van der Waals surface area contributed by atoms with Crippen molar-refractivity contribution >= 4 is 17.3 Å². The van der Waals surface area contributed by atoms with Crippen LogP contribution in [0.5, 0.6) is 5.75 Å². The number of rotatable bonds is 5. The number of methoxy groups -OCH3 is 1. The molecule has 0 aromatic heterocycles. The molecule has 0 amide bonds. The van der Waals surface area contributed by atoms with Crippen LogP contribution in [0.4, 0.5) is 5.69 Å². The molecule has 1 heterocycles. The molecule has 4 rings (SSSR count). The number of halogens is 1. The van der Waals surface area contributed by atoms with Crippen LogP contribution in [-0.2, 0) is 0 Å². The van der Waals surface area contributed by atoms with Crippen LogP contribution < -0.4 is 9.64 Å². The van der Waals surface area contributed by atoms with Gasteiger partial charge >= 0.3 is 0 Å². The first-order chi connectivity index (χ1) is 12.2. The van der Waals surface area contributed by atoms with E-state index in [2.05, 4.69) is 47.4 Å². The van der Waals surface area contributed by atoms with Gasteiger partial charge in [-0.3, -0.25) is 0 Å². The Labute approximate surface area is 155 Å². The highest BCUT2D eigenvalue weighted by Gasteiger charge is 2.39. The highest BCUT2D eigenvalue weighted by Crippen LogP contribution is 2.51. The summed E-state index contributed by atoms with van der Waals surface area (Å²) in [5, 5.41) is 0.682. The van der Waals surface area contributed by atoms with E-state index in [1.54, 1.807) is 7.11 Å². The van der Waals surface area contributed by atoms with Crippen LogP contribution in [0, 0.1) is 11.8 Å². The fourth-order valence-electron chi connectivity index (χ4n) is 4.32. The van der Waals surface area contributed by atoms with E-state index in [4.69, 9.17) is 16.3 Å². The van der Waals surface area contributed by atoms with Crippen molar-refractivity contribution in [3.8, 4) is 5.75 Å². The molecule has 0 spiro atoms. The lowest BCUT2D eigenvalue weighted by atomic mass is 9.90. The highest BCUT2D eigenvalue weighted by atomic mass is 35.5. The number of hydrogen-bond donors (Lipinski definition) is 0. The van der Waals surface area contributed by atoms with Crippen molar-refractivity contribution in [2.24, 2.45) is 11.8 Å². The standard InChI is InChI=1S/C22H26ClNO/c1-25-22-15-19(7-8-21(22)23)24-11-9-16(10-12-24)13-18-14-20(18)17-5-3-2-4-6-17/h2-8,15-16,18,20H,9-14H2,1H3/t18-,20+/m1/s1. The van der Waals surface area contributed by atoms with Crippen LogP contribution in [-0.4, -0.2) is 20.2 Å². The van der Waals surface area contributed by atoms with E-state index in [1.807, 2.05) is 6.07 Å². The van der Waals surface area contributed by atoms with Gasteiger partial charge in [0.25, 0.3) is 0 Å². The number of benzene rings is 2. The molecule has 3 heteroatoms. The Morgan fingerprint density at radius 2 is 1.84 bits per heavy atom. The molecule has 2 atom stereocenters.